The minimum Gasteiger partial charge on any atom is -0.311 e. The molecule has 1 N–H and O–H groups in total. The molecule has 0 bridgehead atoms. The Morgan fingerprint density at radius 2 is 1.67 bits per heavy atom. The Kier molecular flexibility index (Phi) is 7.49. The van der Waals surface area contributed by atoms with Crippen LogP contribution in [0.5, 0.6) is 0 Å². The molecular weight excluding hydrogens is 186 g/mol. The monoisotopic (exact) mass is 207 g/mol. The van der Waals surface area contributed by atoms with Gasteiger partial charge >= 0.3 is 0 Å². The molecule has 0 unspecified atom stereocenters. The van der Waals surface area contributed by atoms with Crippen LogP contribution in [0, 0.1) is 0 Å². The van der Waals surface area contributed by atoms with Gasteiger partial charge in [-0.25, -0.2) is 0 Å². The van der Waals surface area contributed by atoms with Crippen molar-refractivity contribution in [3.63, 3.8) is 0 Å². The minimum atomic E-state index is 0.274. The average Bonchev–Trinajstić information content (AvgIpc) is 1.94. The Balaban J connectivity index is 3.01. The summed E-state index contributed by atoms with van der Waals surface area (Å²) in [6.45, 7) is 9.95. The van der Waals surface area contributed by atoms with Crippen LogP contribution in [0.25, 0.3) is 0 Å². The van der Waals surface area contributed by atoms with Crippen LogP contribution in [-0.2, 0) is 0 Å². The summed E-state index contributed by atoms with van der Waals surface area (Å²) in [5, 5.41) is 3.46. The third kappa shape index (κ3) is 10.7. The van der Waals surface area contributed by atoms with Crippen molar-refractivity contribution < 1.29 is 0 Å². The van der Waals surface area contributed by atoms with Crippen LogP contribution in [0.4, 0.5) is 0 Å². The molecule has 0 amide bonds. The molecule has 0 aliphatic carbocycles. The molecule has 3 heteroatoms. The highest BCUT2D eigenvalue weighted by Gasteiger charge is 2.06. The number of hydrogen-bond donors (Lipinski definition) is 1. The SMILES string of the molecule is CCCSSCCNC(C)(C)C. The highest BCUT2D eigenvalue weighted by atomic mass is 33.1. The number of nitrogens with one attached hydrogen (secondary N) is 1. The highest BCUT2D eigenvalue weighted by molar-refractivity contribution is 8.76. The maximum atomic E-state index is 3.46. The third-order valence-corrected chi connectivity index (χ3v) is 3.82. The second kappa shape index (κ2) is 7.10. The van der Waals surface area contributed by atoms with E-state index in [4.69, 9.17) is 0 Å². The Labute approximate surface area is 84.9 Å². The number of hydrogen-bond acceptors (Lipinski definition) is 3. The zero-order valence-corrected chi connectivity index (χ0v) is 10.3. The molecule has 0 aromatic carbocycles. The van der Waals surface area contributed by atoms with Crippen molar-refractivity contribution in [2.45, 2.75) is 39.7 Å². The van der Waals surface area contributed by atoms with Crippen LogP contribution >= 0.6 is 21.6 Å². The first-order valence-electron chi connectivity index (χ1n) is 4.55. The van der Waals surface area contributed by atoms with E-state index in [1.54, 1.807) is 0 Å². The summed E-state index contributed by atoms with van der Waals surface area (Å²) in [7, 11) is 3.95. The molecule has 0 aliphatic rings. The van der Waals surface area contributed by atoms with Gasteiger partial charge in [-0.15, -0.1) is 0 Å². The quantitative estimate of drug-likeness (QED) is 0.531. The zero-order valence-electron chi connectivity index (χ0n) is 8.64. The normalized spacial score (nSPS) is 12.0. The van der Waals surface area contributed by atoms with E-state index in [2.05, 4.69) is 33.0 Å². The summed E-state index contributed by atoms with van der Waals surface area (Å²) >= 11 is 0. The fourth-order valence-corrected chi connectivity index (χ4v) is 2.71. The van der Waals surface area contributed by atoms with Crippen LogP contribution in [0.15, 0.2) is 0 Å². The minimum absolute atomic E-state index is 0.274. The topological polar surface area (TPSA) is 12.0 Å². The van der Waals surface area contributed by atoms with Crippen LogP contribution in [-0.4, -0.2) is 23.6 Å². The molecule has 1 nitrogen and oxygen atoms in total. The van der Waals surface area contributed by atoms with E-state index in [1.165, 1.54) is 17.9 Å². The van der Waals surface area contributed by atoms with Crippen LogP contribution in [0.3, 0.4) is 0 Å². The molecule has 0 atom stereocenters. The molecule has 74 valence electrons. The molecule has 0 saturated carbocycles. The van der Waals surface area contributed by atoms with Gasteiger partial charge in [0, 0.05) is 23.6 Å². The van der Waals surface area contributed by atoms with E-state index in [0.29, 0.717) is 0 Å². The van der Waals surface area contributed by atoms with E-state index in [-0.39, 0.29) is 5.54 Å². The van der Waals surface area contributed by atoms with E-state index >= 15 is 0 Å². The molecule has 0 rings (SSSR count). The van der Waals surface area contributed by atoms with Gasteiger partial charge in [-0.1, -0.05) is 28.5 Å². The fraction of sp³-hybridized carbons (Fsp3) is 1.00. The predicted molar refractivity (Wildman–Crippen MR) is 63.0 cm³/mol. The smallest absolute Gasteiger partial charge is 0.0163 e. The standard InChI is InChI=1S/C9H21NS2/c1-5-7-11-12-8-6-10-9(2,3)4/h10H,5-8H2,1-4H3. The highest BCUT2D eigenvalue weighted by Crippen LogP contribution is 2.20. The van der Waals surface area contributed by atoms with Gasteiger partial charge in [-0.3, -0.25) is 0 Å². The Bertz CT molecular complexity index is 99.2. The average molecular weight is 207 g/mol. The largest absolute Gasteiger partial charge is 0.311 e. The Hall–Kier alpha value is 0.660. The van der Waals surface area contributed by atoms with Crippen molar-refractivity contribution in [1.82, 2.24) is 5.32 Å². The van der Waals surface area contributed by atoms with E-state index in [1.807, 2.05) is 21.6 Å². The lowest BCUT2D eigenvalue weighted by molar-refractivity contribution is 0.441. The van der Waals surface area contributed by atoms with Crippen LogP contribution in [0.2, 0.25) is 0 Å². The summed E-state index contributed by atoms with van der Waals surface area (Å²) < 4.78 is 0. The maximum Gasteiger partial charge on any atom is 0.0163 e. The predicted octanol–water partition coefficient (Wildman–Crippen LogP) is 3.17. The number of rotatable bonds is 6. The van der Waals surface area contributed by atoms with E-state index < -0.39 is 0 Å². The first-order chi connectivity index (χ1) is 5.56. The lowest BCUT2D eigenvalue weighted by Gasteiger charge is -2.19. The molecule has 0 spiro atoms. The van der Waals surface area contributed by atoms with Gasteiger partial charge < -0.3 is 5.32 Å². The lowest BCUT2D eigenvalue weighted by atomic mass is 10.1. The van der Waals surface area contributed by atoms with Crippen molar-refractivity contribution >= 4 is 21.6 Å². The fourth-order valence-electron chi connectivity index (χ4n) is 0.669. The van der Waals surface area contributed by atoms with Gasteiger partial charge in [-0.05, 0) is 27.2 Å². The van der Waals surface area contributed by atoms with Crippen molar-refractivity contribution in [1.29, 1.82) is 0 Å². The molecule has 0 aromatic rings. The van der Waals surface area contributed by atoms with Gasteiger partial charge in [0.1, 0.15) is 0 Å². The Morgan fingerprint density at radius 3 is 2.17 bits per heavy atom. The molecule has 0 radical (unpaired) electrons. The maximum absolute atomic E-state index is 3.46. The van der Waals surface area contributed by atoms with Gasteiger partial charge in [0.2, 0.25) is 0 Å². The summed E-state index contributed by atoms with van der Waals surface area (Å²) in [5.41, 5.74) is 0.274. The molecular formula is C9H21NS2. The zero-order chi connectivity index (χ0) is 9.45. The van der Waals surface area contributed by atoms with Crippen molar-refractivity contribution in [3.8, 4) is 0 Å². The first-order valence-corrected chi connectivity index (χ1v) is 7.04. The Morgan fingerprint density at radius 1 is 1.08 bits per heavy atom. The van der Waals surface area contributed by atoms with E-state index in [9.17, 15) is 0 Å². The van der Waals surface area contributed by atoms with Crippen molar-refractivity contribution in [2.75, 3.05) is 18.1 Å². The molecule has 0 aliphatic heterocycles. The molecule has 0 heterocycles. The van der Waals surface area contributed by atoms with Gasteiger partial charge in [-0.2, -0.15) is 0 Å². The summed E-state index contributed by atoms with van der Waals surface area (Å²) in [6, 6.07) is 0. The second-order valence-electron chi connectivity index (χ2n) is 3.82. The van der Waals surface area contributed by atoms with Gasteiger partial charge in [0.15, 0.2) is 0 Å². The summed E-state index contributed by atoms with van der Waals surface area (Å²) in [5.74, 6) is 2.49. The van der Waals surface area contributed by atoms with Gasteiger partial charge in [0.05, 0.1) is 0 Å². The summed E-state index contributed by atoms with van der Waals surface area (Å²) in [6.07, 6.45) is 1.28. The molecule has 0 aromatic heterocycles. The third-order valence-electron chi connectivity index (χ3n) is 1.21. The first kappa shape index (κ1) is 12.7. The second-order valence-corrected chi connectivity index (χ2v) is 6.52. The van der Waals surface area contributed by atoms with Crippen LogP contribution < -0.4 is 5.32 Å². The van der Waals surface area contributed by atoms with Gasteiger partial charge in [0.25, 0.3) is 0 Å². The van der Waals surface area contributed by atoms with Crippen molar-refractivity contribution in [3.05, 3.63) is 0 Å². The van der Waals surface area contributed by atoms with Crippen LogP contribution in [0.1, 0.15) is 34.1 Å². The molecule has 0 fully saturated rings. The summed E-state index contributed by atoms with van der Waals surface area (Å²) in [4.78, 5) is 0. The molecule has 0 saturated heterocycles. The molecule has 12 heavy (non-hydrogen) atoms. The van der Waals surface area contributed by atoms with E-state index in [0.717, 1.165) is 6.54 Å². The van der Waals surface area contributed by atoms with Crippen molar-refractivity contribution in [2.24, 2.45) is 0 Å². The lowest BCUT2D eigenvalue weighted by Crippen LogP contribution is -2.37.